The predicted octanol–water partition coefficient (Wildman–Crippen LogP) is 8.40. The van der Waals surface area contributed by atoms with Crippen LogP contribution in [0.15, 0.2) is 84.9 Å². The topological polar surface area (TPSA) is 51.8 Å². The SMILES string of the molecule is CCOB(Nc1ccccc1)c1cc(C(C)(C)C)cc2c1Oc1c(B(Nc3ccccc3)OCC)cc(C(C)(C)C)cc1C2(C)C. The van der Waals surface area contributed by atoms with Crippen LogP contribution in [0, 0.1) is 0 Å². The van der Waals surface area contributed by atoms with Crippen molar-refractivity contribution in [3.8, 4) is 11.5 Å². The highest BCUT2D eigenvalue weighted by Gasteiger charge is 2.43. The van der Waals surface area contributed by atoms with Gasteiger partial charge in [-0.15, -0.1) is 0 Å². The Kier molecular flexibility index (Phi) is 9.68. The zero-order chi connectivity index (χ0) is 33.3. The van der Waals surface area contributed by atoms with Crippen LogP contribution in [0.3, 0.4) is 0 Å². The molecular weight excluding hydrogens is 566 g/mol. The van der Waals surface area contributed by atoms with E-state index in [1.54, 1.807) is 0 Å². The van der Waals surface area contributed by atoms with E-state index in [9.17, 15) is 0 Å². The van der Waals surface area contributed by atoms with E-state index in [0.29, 0.717) is 13.2 Å². The van der Waals surface area contributed by atoms with Gasteiger partial charge in [0.25, 0.3) is 0 Å². The second kappa shape index (κ2) is 13.2. The van der Waals surface area contributed by atoms with Crippen molar-refractivity contribution in [1.29, 1.82) is 0 Å². The average Bonchev–Trinajstić information content (AvgIpc) is 3.00. The molecule has 0 bridgehead atoms. The molecule has 0 saturated heterocycles. The fraction of sp³-hybridized carbons (Fsp3) is 0.385. The molecule has 5 nitrogen and oxygen atoms in total. The molecule has 0 unspecified atom stereocenters. The van der Waals surface area contributed by atoms with Gasteiger partial charge >= 0.3 is 14.1 Å². The highest BCUT2D eigenvalue weighted by molar-refractivity contribution is 6.72. The molecule has 0 amide bonds. The number of rotatable bonds is 10. The van der Waals surface area contributed by atoms with E-state index in [2.05, 4.69) is 114 Å². The predicted molar refractivity (Wildman–Crippen MR) is 197 cm³/mol. The van der Waals surface area contributed by atoms with Gasteiger partial charge in [0.15, 0.2) is 0 Å². The first-order valence-electron chi connectivity index (χ1n) is 16.7. The van der Waals surface area contributed by atoms with Crippen LogP contribution in [0.4, 0.5) is 11.4 Å². The lowest BCUT2D eigenvalue weighted by Gasteiger charge is -2.40. The number of anilines is 2. The molecule has 4 aromatic rings. The summed E-state index contributed by atoms with van der Waals surface area (Å²) in [4.78, 5) is 0. The number of nitrogens with one attached hydrogen (secondary N) is 2. The standard InChI is InChI=1S/C39H50B2N2O3/c1-11-44-40(42-29-19-15-13-16-20-29)33-25-27(37(3,4)5)23-31-35(33)46-36-32(39(31,9)10)24-28(38(6,7)8)26-34(36)41(45-12-2)43-30-21-17-14-18-22-30/h13-26,42-43H,11-12H2,1-10H3. The van der Waals surface area contributed by atoms with Crippen LogP contribution in [0.5, 0.6) is 11.5 Å². The van der Waals surface area contributed by atoms with E-state index >= 15 is 0 Å². The van der Waals surface area contributed by atoms with Crippen LogP contribution in [0.1, 0.15) is 91.5 Å². The number of ether oxygens (including phenoxy) is 1. The molecule has 0 fully saturated rings. The average molecular weight is 616 g/mol. The quantitative estimate of drug-likeness (QED) is 0.175. The summed E-state index contributed by atoms with van der Waals surface area (Å²) in [6.45, 7) is 23.4. The summed E-state index contributed by atoms with van der Waals surface area (Å²) in [5.74, 6) is 1.68. The van der Waals surface area contributed by atoms with Crippen molar-refractivity contribution >= 4 is 36.4 Å². The highest BCUT2D eigenvalue weighted by Crippen LogP contribution is 2.49. The first-order chi connectivity index (χ1) is 21.7. The second-order valence-electron chi connectivity index (χ2n) is 14.8. The summed E-state index contributed by atoms with van der Waals surface area (Å²) < 4.78 is 20.1. The Labute approximate surface area is 277 Å². The summed E-state index contributed by atoms with van der Waals surface area (Å²) in [6.07, 6.45) is 0. The maximum absolute atomic E-state index is 7.20. The van der Waals surface area contributed by atoms with Gasteiger partial charge in [-0.25, -0.2) is 0 Å². The summed E-state index contributed by atoms with van der Waals surface area (Å²) in [5, 5.41) is 7.31. The van der Waals surface area contributed by atoms with E-state index in [0.717, 1.165) is 44.9 Å². The van der Waals surface area contributed by atoms with Gasteiger partial charge in [-0.1, -0.05) is 116 Å². The van der Waals surface area contributed by atoms with E-state index in [4.69, 9.17) is 14.0 Å². The normalized spacial score (nSPS) is 13.7. The molecule has 0 saturated carbocycles. The van der Waals surface area contributed by atoms with Crippen LogP contribution in [-0.2, 0) is 25.6 Å². The Hall–Kier alpha value is -3.67. The molecule has 1 aliphatic heterocycles. The van der Waals surface area contributed by atoms with Gasteiger partial charge in [-0.05, 0) is 60.1 Å². The van der Waals surface area contributed by atoms with E-state index in [-0.39, 0.29) is 16.2 Å². The smallest absolute Gasteiger partial charge is 0.453 e. The number of hydrogen-bond donors (Lipinski definition) is 2. The van der Waals surface area contributed by atoms with Crippen molar-refractivity contribution in [1.82, 2.24) is 0 Å². The third kappa shape index (κ3) is 7.01. The van der Waals surface area contributed by atoms with Gasteiger partial charge in [-0.3, -0.25) is 0 Å². The Morgan fingerprint density at radius 3 is 1.30 bits per heavy atom. The fourth-order valence-corrected chi connectivity index (χ4v) is 6.08. The van der Waals surface area contributed by atoms with Gasteiger partial charge < -0.3 is 24.5 Å². The lowest BCUT2D eigenvalue weighted by atomic mass is 9.62. The summed E-state index contributed by atoms with van der Waals surface area (Å²) in [6, 6.07) is 29.7. The van der Waals surface area contributed by atoms with Gasteiger partial charge in [0.05, 0.1) is 0 Å². The van der Waals surface area contributed by atoms with Crippen molar-refractivity contribution in [3.63, 3.8) is 0 Å². The Bertz CT molecular complexity index is 1520. The molecule has 0 atom stereocenters. The van der Waals surface area contributed by atoms with Gasteiger partial charge in [-0.2, -0.15) is 0 Å². The summed E-state index contributed by atoms with van der Waals surface area (Å²) in [5.41, 5.74) is 8.22. The molecule has 0 spiro atoms. The Balaban J connectivity index is 1.76. The molecule has 0 aromatic heterocycles. The molecule has 7 heteroatoms. The molecule has 240 valence electrons. The van der Waals surface area contributed by atoms with Crippen molar-refractivity contribution < 1.29 is 14.0 Å². The third-order valence-corrected chi connectivity index (χ3v) is 8.89. The van der Waals surface area contributed by atoms with Crippen LogP contribution >= 0.6 is 0 Å². The van der Waals surface area contributed by atoms with Crippen molar-refractivity contribution in [2.75, 3.05) is 23.7 Å². The number of hydrogen-bond acceptors (Lipinski definition) is 5. The second-order valence-corrected chi connectivity index (χ2v) is 14.8. The Morgan fingerprint density at radius 1 is 0.609 bits per heavy atom. The van der Waals surface area contributed by atoms with Gasteiger partial charge in [0.2, 0.25) is 0 Å². The molecule has 1 heterocycles. The molecule has 46 heavy (non-hydrogen) atoms. The number of para-hydroxylation sites is 2. The lowest BCUT2D eigenvalue weighted by molar-refractivity contribution is 0.350. The minimum absolute atomic E-state index is 0.0816. The van der Waals surface area contributed by atoms with E-state index in [1.165, 1.54) is 11.1 Å². The molecular formula is C39H50B2N2O3. The van der Waals surface area contributed by atoms with Crippen LogP contribution in [0.25, 0.3) is 0 Å². The third-order valence-electron chi connectivity index (χ3n) is 8.89. The van der Waals surface area contributed by atoms with E-state index in [1.807, 2.05) is 50.2 Å². The van der Waals surface area contributed by atoms with Gasteiger partial charge in [0.1, 0.15) is 11.5 Å². The molecule has 0 radical (unpaired) electrons. The molecule has 4 aromatic carbocycles. The fourth-order valence-electron chi connectivity index (χ4n) is 6.08. The largest absolute Gasteiger partial charge is 0.457 e. The maximum Gasteiger partial charge on any atom is 0.453 e. The number of fused-ring (bicyclic) bond motifs is 2. The summed E-state index contributed by atoms with van der Waals surface area (Å²) >= 11 is 0. The Morgan fingerprint density at radius 2 is 0.978 bits per heavy atom. The first-order valence-corrected chi connectivity index (χ1v) is 16.7. The van der Waals surface area contributed by atoms with Crippen molar-refractivity contribution in [3.05, 3.63) is 107 Å². The lowest BCUT2D eigenvalue weighted by Crippen LogP contribution is -2.47. The molecule has 5 rings (SSSR count). The molecule has 0 aliphatic carbocycles. The monoisotopic (exact) mass is 616 g/mol. The first kappa shape index (κ1) is 33.7. The van der Waals surface area contributed by atoms with Crippen LogP contribution in [0.2, 0.25) is 0 Å². The van der Waals surface area contributed by atoms with Crippen molar-refractivity contribution in [2.24, 2.45) is 0 Å². The van der Waals surface area contributed by atoms with Crippen LogP contribution < -0.4 is 26.1 Å². The maximum atomic E-state index is 7.20. The zero-order valence-electron chi connectivity index (χ0n) is 29.4. The minimum Gasteiger partial charge on any atom is -0.457 e. The molecule has 1 aliphatic rings. The zero-order valence-corrected chi connectivity index (χ0v) is 29.4. The van der Waals surface area contributed by atoms with Gasteiger partial charge in [0, 0.05) is 52.1 Å². The van der Waals surface area contributed by atoms with Crippen molar-refractivity contribution in [2.45, 2.75) is 85.5 Å². The number of benzene rings is 4. The van der Waals surface area contributed by atoms with E-state index < -0.39 is 14.1 Å². The summed E-state index contributed by atoms with van der Waals surface area (Å²) in [7, 11) is -0.827. The highest BCUT2D eigenvalue weighted by atomic mass is 16.5. The van der Waals surface area contributed by atoms with Crippen LogP contribution in [-0.4, -0.2) is 27.3 Å². The molecule has 2 N–H and O–H groups in total. The minimum atomic E-state index is -0.414.